The molecule has 11 heteroatoms. The zero-order chi connectivity index (χ0) is 22.9. The van der Waals surface area contributed by atoms with Crippen molar-refractivity contribution in [2.75, 3.05) is 25.4 Å². The van der Waals surface area contributed by atoms with Gasteiger partial charge in [-0.15, -0.1) is 16.4 Å². The van der Waals surface area contributed by atoms with Gasteiger partial charge in [-0.3, -0.25) is 4.79 Å². The lowest BCUT2D eigenvalue weighted by Gasteiger charge is -2.37. The van der Waals surface area contributed by atoms with Crippen LogP contribution >= 0.6 is 11.3 Å². The first-order chi connectivity index (χ1) is 16.0. The molecule has 2 aromatic heterocycles. The van der Waals surface area contributed by atoms with E-state index in [0.717, 1.165) is 11.3 Å². The topological polar surface area (TPSA) is 113 Å². The lowest BCUT2D eigenvalue weighted by atomic mass is 9.94. The van der Waals surface area contributed by atoms with Crippen LogP contribution in [0.5, 0.6) is 0 Å². The summed E-state index contributed by atoms with van der Waals surface area (Å²) in [6.07, 6.45) is 0.684. The minimum Gasteiger partial charge on any atom is -0.389 e. The van der Waals surface area contributed by atoms with Gasteiger partial charge in [-0.05, 0) is 24.1 Å². The van der Waals surface area contributed by atoms with Gasteiger partial charge in [0.1, 0.15) is 33.7 Å². The number of thiophene rings is 1. The Morgan fingerprint density at radius 3 is 2.91 bits per heavy atom. The van der Waals surface area contributed by atoms with Crippen LogP contribution in [0.2, 0.25) is 0 Å². The quantitative estimate of drug-likeness (QED) is 0.447. The second kappa shape index (κ2) is 7.19. The lowest BCUT2D eigenvalue weighted by Crippen LogP contribution is -2.54. The van der Waals surface area contributed by atoms with Crippen molar-refractivity contribution in [1.29, 1.82) is 5.26 Å². The highest BCUT2D eigenvalue weighted by Gasteiger charge is 2.34. The van der Waals surface area contributed by atoms with Crippen molar-refractivity contribution < 1.29 is 13.6 Å². The Labute approximate surface area is 190 Å². The summed E-state index contributed by atoms with van der Waals surface area (Å²) in [7, 11) is 0. The summed E-state index contributed by atoms with van der Waals surface area (Å²) in [6.45, 7) is 2.39. The normalized spacial score (nSPS) is 18.3. The number of nitrogens with zero attached hydrogens (tertiary/aromatic N) is 5. The van der Waals surface area contributed by atoms with Gasteiger partial charge in [-0.2, -0.15) is 5.26 Å². The van der Waals surface area contributed by atoms with Crippen LogP contribution in [0, 0.1) is 23.0 Å². The molecule has 1 amide bonds. The van der Waals surface area contributed by atoms with Crippen LogP contribution in [0.25, 0.3) is 32.2 Å². The standard InChI is InChI=1S/C22H17F2N7OS/c23-14-2-1-11(16-13(8-25)21(26)33-20(14)16)17-15(24)7-12-19-18(17)28-29-31(19)5-3-10-9-27-4-6-30(10)22(12)32/h1-2,7,10,27H,3-6,9,26H2/t10-/m0/s1. The Bertz CT molecular complexity index is 1520. The predicted octanol–water partition coefficient (Wildman–Crippen LogP) is 2.86. The molecule has 2 aliphatic rings. The van der Waals surface area contributed by atoms with Gasteiger partial charge >= 0.3 is 0 Å². The summed E-state index contributed by atoms with van der Waals surface area (Å²) in [6, 6.07) is 5.85. The molecule has 0 saturated carbocycles. The minimum absolute atomic E-state index is 0.00919. The van der Waals surface area contributed by atoms with Crippen molar-refractivity contribution in [1.82, 2.24) is 25.2 Å². The van der Waals surface area contributed by atoms with Gasteiger partial charge in [0, 0.05) is 43.2 Å². The monoisotopic (exact) mass is 465 g/mol. The third kappa shape index (κ3) is 2.77. The summed E-state index contributed by atoms with van der Waals surface area (Å²) in [4.78, 5) is 15.2. The largest absolute Gasteiger partial charge is 0.389 e. The predicted molar refractivity (Wildman–Crippen MR) is 120 cm³/mol. The fourth-order valence-corrected chi connectivity index (χ4v) is 5.87. The first kappa shape index (κ1) is 20.0. The average Bonchev–Trinajstić information content (AvgIpc) is 3.38. The van der Waals surface area contributed by atoms with Crippen molar-refractivity contribution in [3.05, 3.63) is 41.0 Å². The van der Waals surface area contributed by atoms with Crippen molar-refractivity contribution in [2.24, 2.45) is 0 Å². The molecular weight excluding hydrogens is 448 g/mol. The van der Waals surface area contributed by atoms with Gasteiger partial charge in [0.15, 0.2) is 0 Å². The number of aryl methyl sites for hydroxylation is 1. The molecule has 2 aliphatic heterocycles. The molecule has 0 unspecified atom stereocenters. The number of rotatable bonds is 1. The Kier molecular flexibility index (Phi) is 4.36. The second-order valence-corrected chi connectivity index (χ2v) is 9.24. The molecular formula is C22H17F2N7OS. The molecule has 166 valence electrons. The fourth-order valence-electron chi connectivity index (χ4n) is 4.93. The molecule has 3 N–H and O–H groups in total. The van der Waals surface area contributed by atoms with Crippen LogP contribution in [0.1, 0.15) is 22.3 Å². The summed E-state index contributed by atoms with van der Waals surface area (Å²) in [5.74, 6) is -1.49. The SMILES string of the molecule is N#Cc1c(N)sc2c(F)ccc(-c3c(F)cc4c5c3nnn5CC[C@H]3CNCCN3C4=O)c12. The molecule has 1 fully saturated rings. The van der Waals surface area contributed by atoms with E-state index in [0.29, 0.717) is 43.7 Å². The molecule has 2 aromatic carbocycles. The van der Waals surface area contributed by atoms with Crippen molar-refractivity contribution in [3.8, 4) is 17.2 Å². The highest BCUT2D eigenvalue weighted by atomic mass is 32.1. The van der Waals surface area contributed by atoms with Crippen LogP contribution in [0.3, 0.4) is 0 Å². The Hall–Kier alpha value is -3.62. The number of halogens is 2. The Morgan fingerprint density at radius 2 is 2.09 bits per heavy atom. The van der Waals surface area contributed by atoms with E-state index in [1.165, 1.54) is 18.2 Å². The molecule has 4 heterocycles. The van der Waals surface area contributed by atoms with E-state index < -0.39 is 11.6 Å². The average molecular weight is 465 g/mol. The van der Waals surface area contributed by atoms with Gasteiger partial charge in [-0.1, -0.05) is 11.3 Å². The van der Waals surface area contributed by atoms with Crippen molar-refractivity contribution in [2.45, 2.75) is 19.0 Å². The van der Waals surface area contributed by atoms with E-state index in [4.69, 9.17) is 5.73 Å². The molecule has 0 spiro atoms. The Balaban J connectivity index is 1.66. The third-order valence-electron chi connectivity index (χ3n) is 6.45. The molecule has 4 aromatic rings. The van der Waals surface area contributed by atoms with Crippen molar-refractivity contribution in [3.63, 3.8) is 0 Å². The number of nitrogens with two attached hydrogens (primary N) is 1. The number of anilines is 1. The Morgan fingerprint density at radius 1 is 1.24 bits per heavy atom. The molecule has 1 atom stereocenters. The van der Waals surface area contributed by atoms with Crippen LogP contribution in [0.4, 0.5) is 13.8 Å². The number of carbonyl (C=O) groups is 1. The summed E-state index contributed by atoms with van der Waals surface area (Å²) in [5, 5.41) is 21.8. The molecule has 6 rings (SSSR count). The minimum atomic E-state index is -0.688. The molecule has 0 radical (unpaired) electrons. The van der Waals surface area contributed by atoms with Gasteiger partial charge in [0.25, 0.3) is 5.91 Å². The third-order valence-corrected chi connectivity index (χ3v) is 7.48. The number of aromatic nitrogens is 3. The van der Waals surface area contributed by atoms with Crippen LogP contribution < -0.4 is 11.1 Å². The number of benzene rings is 2. The fraction of sp³-hybridized carbons (Fsp3) is 0.273. The number of nitriles is 1. The summed E-state index contributed by atoms with van der Waals surface area (Å²) in [5.41, 5.74) is 7.26. The first-order valence-corrected chi connectivity index (χ1v) is 11.3. The number of piperazine rings is 1. The van der Waals surface area contributed by atoms with Gasteiger partial charge in [-0.25, -0.2) is 13.5 Å². The number of hydrogen-bond donors (Lipinski definition) is 2. The molecule has 8 nitrogen and oxygen atoms in total. The van der Waals surface area contributed by atoms with Crippen LogP contribution in [-0.4, -0.2) is 51.5 Å². The zero-order valence-corrected chi connectivity index (χ0v) is 18.0. The van der Waals surface area contributed by atoms with E-state index in [9.17, 15) is 14.4 Å². The number of amides is 1. The molecule has 0 aliphatic carbocycles. The van der Waals surface area contributed by atoms with Crippen molar-refractivity contribution >= 4 is 43.4 Å². The number of carbonyl (C=O) groups excluding carboxylic acids is 1. The van der Waals surface area contributed by atoms with E-state index in [2.05, 4.69) is 15.6 Å². The van der Waals surface area contributed by atoms with Crippen LogP contribution in [-0.2, 0) is 6.54 Å². The van der Waals surface area contributed by atoms with E-state index in [1.54, 1.807) is 9.58 Å². The number of fused-ring (bicyclic) bond motifs is 2. The van der Waals surface area contributed by atoms with Gasteiger partial charge in [0.05, 0.1) is 15.8 Å². The molecule has 33 heavy (non-hydrogen) atoms. The van der Waals surface area contributed by atoms with E-state index >= 15 is 4.39 Å². The number of nitrogen functional groups attached to an aromatic ring is 1. The maximum absolute atomic E-state index is 15.7. The zero-order valence-electron chi connectivity index (χ0n) is 17.2. The lowest BCUT2D eigenvalue weighted by molar-refractivity contribution is 0.0613. The van der Waals surface area contributed by atoms with E-state index in [-0.39, 0.29) is 49.2 Å². The van der Waals surface area contributed by atoms with Gasteiger partial charge in [0.2, 0.25) is 0 Å². The second-order valence-electron chi connectivity index (χ2n) is 8.19. The highest BCUT2D eigenvalue weighted by molar-refractivity contribution is 7.23. The molecule has 1 saturated heterocycles. The number of nitrogens with one attached hydrogen (secondary N) is 1. The maximum atomic E-state index is 15.7. The number of hydrogen-bond acceptors (Lipinski definition) is 7. The summed E-state index contributed by atoms with van der Waals surface area (Å²) < 4.78 is 32.1. The molecule has 0 bridgehead atoms. The van der Waals surface area contributed by atoms with Gasteiger partial charge < -0.3 is 16.0 Å². The van der Waals surface area contributed by atoms with Crippen LogP contribution in [0.15, 0.2) is 18.2 Å². The highest BCUT2D eigenvalue weighted by Crippen LogP contribution is 2.44. The van der Waals surface area contributed by atoms with E-state index in [1.807, 2.05) is 6.07 Å². The summed E-state index contributed by atoms with van der Waals surface area (Å²) >= 11 is 0.943. The first-order valence-electron chi connectivity index (χ1n) is 10.5. The smallest absolute Gasteiger partial charge is 0.256 e. The maximum Gasteiger partial charge on any atom is 0.256 e.